The van der Waals surface area contributed by atoms with Gasteiger partial charge in [0.25, 0.3) is 0 Å². The molecule has 0 atom stereocenters. The van der Waals surface area contributed by atoms with E-state index in [1.165, 1.54) is 328 Å². The molecule has 0 radical (unpaired) electrons. The molecule has 0 bridgehead atoms. The first-order chi connectivity index (χ1) is 38.1. The van der Waals surface area contributed by atoms with Crippen molar-refractivity contribution in [3.63, 3.8) is 0 Å². The molecule has 0 amide bonds. The van der Waals surface area contributed by atoms with E-state index in [0.717, 1.165) is 54.6 Å². The molecule has 2 aromatic carbocycles. The Balaban J connectivity index is 0.000000572. The fraction of sp³-hybridized carbons (Fsp3) is 0.784. The van der Waals surface area contributed by atoms with E-state index in [4.69, 9.17) is 0 Å². The van der Waals surface area contributed by atoms with Crippen LogP contribution in [0.5, 0.6) is 0 Å². The van der Waals surface area contributed by atoms with Crippen LogP contribution in [0.1, 0.15) is 371 Å². The summed E-state index contributed by atoms with van der Waals surface area (Å²) in [6, 6.07) is 17.9. The molecule has 0 spiro atoms. The van der Waals surface area contributed by atoms with Crippen LogP contribution in [-0.4, -0.2) is 4.70 Å². The Morgan fingerprint density at radius 1 is 0.312 bits per heavy atom. The van der Waals surface area contributed by atoms with E-state index in [2.05, 4.69) is 89.2 Å². The standard InChI is InChI=1S/C44H68N2.2C15H31.Ni/c1-4-7-10-12-14-16-18-20-22-24-28-38-30-26-33-40(35-38)43-37-42(32-9-6-3)44(46(43)45)41-34-27-31-39(36-41)29-25-23-21-19-17-15-13-11-8-5-2;2*1-3-5-7-9-11-13-15-14-12-10-8-6-4-2;/h26-27,30-31,33-37H,4-25,28-29,32H2,1-3H3;2*1,3-15H2,2H3;. The molecule has 0 unspecified atom stereocenters. The summed E-state index contributed by atoms with van der Waals surface area (Å²) in [5.74, 6) is 0. The van der Waals surface area contributed by atoms with E-state index < -0.39 is 0 Å². The van der Waals surface area contributed by atoms with Crippen molar-refractivity contribution in [2.24, 2.45) is 0 Å². The first kappa shape index (κ1) is 71.1. The molecule has 0 saturated heterocycles. The third kappa shape index (κ3) is 40.0. The number of benzene rings is 2. The predicted molar refractivity (Wildman–Crippen MR) is 343 cm³/mol. The van der Waals surface area contributed by atoms with Crippen molar-refractivity contribution in [1.82, 2.24) is 0 Å². The molecule has 2 nitrogen and oxygen atoms in total. The zero-order chi connectivity index (χ0) is 55.2. The third-order valence-electron chi connectivity index (χ3n) is 16.6. The Bertz CT molecular complexity index is 1640. The van der Waals surface area contributed by atoms with Crippen molar-refractivity contribution < 1.29 is 19.1 Å². The SMILES string of the molecule is CCCCCCCCCCCCCC[CH2][Ni][CH2]CCCCCCCCCCCCCC.CCCCCCCCCCCCc1cccc(C2=CC(CCCC)=C(c3cccc(CCCCCCCCCCCC)c3)[N+]2=[N-])c1. The van der Waals surface area contributed by atoms with E-state index in [0.29, 0.717) is 0 Å². The molecule has 77 heavy (non-hydrogen) atoms. The molecule has 1 aliphatic heterocycles. The van der Waals surface area contributed by atoms with Gasteiger partial charge in [0, 0.05) is 22.8 Å². The van der Waals surface area contributed by atoms with Crippen molar-refractivity contribution in [3.05, 3.63) is 88.0 Å². The van der Waals surface area contributed by atoms with Gasteiger partial charge in [-0.25, -0.2) is 4.70 Å². The number of hydrogen-bond acceptors (Lipinski definition) is 0. The Labute approximate surface area is 488 Å². The van der Waals surface area contributed by atoms with Crippen molar-refractivity contribution in [3.8, 4) is 0 Å². The summed E-state index contributed by atoms with van der Waals surface area (Å²) in [5.41, 5.74) is 19.8. The zero-order valence-corrected chi connectivity index (χ0v) is 53.4. The van der Waals surface area contributed by atoms with Gasteiger partial charge in [0.05, 0.1) is 0 Å². The van der Waals surface area contributed by atoms with Gasteiger partial charge in [0.1, 0.15) is 0 Å². The third-order valence-corrected chi connectivity index (χ3v) is 18.0. The molecular weight excluding hydrogens is 976 g/mol. The van der Waals surface area contributed by atoms with E-state index in [-0.39, 0.29) is 0 Å². The van der Waals surface area contributed by atoms with Crippen LogP contribution in [0.3, 0.4) is 0 Å². The Kier molecular flexibility index (Phi) is 50.4. The molecule has 446 valence electrons. The monoisotopic (exact) mass is 1100 g/mol. The molecular formula is C74H130N2Ni. The maximum absolute atomic E-state index is 11.6. The number of hydrogen-bond donors (Lipinski definition) is 0. The molecule has 1 aliphatic rings. The van der Waals surface area contributed by atoms with Gasteiger partial charge in [-0.2, -0.15) is 0 Å². The molecule has 3 heteroatoms. The van der Waals surface area contributed by atoms with Crippen LogP contribution in [0, 0.1) is 0 Å². The van der Waals surface area contributed by atoms with Crippen molar-refractivity contribution in [2.75, 3.05) is 0 Å². The molecule has 1 heterocycles. The normalized spacial score (nSPS) is 12.5. The zero-order valence-electron chi connectivity index (χ0n) is 52.4. The molecule has 0 saturated carbocycles. The second-order valence-corrected chi connectivity index (χ2v) is 25.5. The van der Waals surface area contributed by atoms with Gasteiger partial charge in [-0.15, -0.1) is 0 Å². The van der Waals surface area contributed by atoms with Gasteiger partial charge in [-0.3, -0.25) is 0 Å². The maximum atomic E-state index is 11.6. The van der Waals surface area contributed by atoms with Gasteiger partial charge in [-0.05, 0) is 73.9 Å². The van der Waals surface area contributed by atoms with Gasteiger partial charge in [0.15, 0.2) is 0 Å². The first-order valence-electron chi connectivity index (χ1n) is 34.7. The molecule has 0 N–H and O–H groups in total. The minimum Gasteiger partial charge on any atom is -0.493 e. The number of aryl methyl sites for hydroxylation is 2. The summed E-state index contributed by atoms with van der Waals surface area (Å²) in [4.78, 5) is 0. The number of unbranched alkanes of at least 4 members (excludes halogenated alkanes) is 43. The fourth-order valence-corrected chi connectivity index (χ4v) is 12.7. The average Bonchev–Trinajstić information content (AvgIpc) is 3.79. The summed E-state index contributed by atoms with van der Waals surface area (Å²) >= 11 is 2.04. The topological polar surface area (TPSA) is 25.3 Å². The first-order valence-corrected chi connectivity index (χ1v) is 36.1. The van der Waals surface area contributed by atoms with Crippen LogP contribution in [0.4, 0.5) is 0 Å². The predicted octanol–water partition coefficient (Wildman–Crippen LogP) is 26.7. The summed E-state index contributed by atoms with van der Waals surface area (Å²) < 4.78 is 1.49. The van der Waals surface area contributed by atoms with E-state index in [1.807, 2.05) is 14.4 Å². The van der Waals surface area contributed by atoms with Gasteiger partial charge < -0.3 is 5.53 Å². The molecule has 0 fully saturated rings. The fourth-order valence-electron chi connectivity index (χ4n) is 11.4. The van der Waals surface area contributed by atoms with E-state index >= 15 is 0 Å². The molecule has 0 aromatic heterocycles. The number of rotatable bonds is 55. The Morgan fingerprint density at radius 2 is 0.597 bits per heavy atom. The van der Waals surface area contributed by atoms with Crippen molar-refractivity contribution in [2.45, 2.75) is 373 Å². The van der Waals surface area contributed by atoms with E-state index in [9.17, 15) is 5.53 Å². The average molecular weight is 1110 g/mol. The minimum absolute atomic E-state index is 0.922. The van der Waals surface area contributed by atoms with Gasteiger partial charge in [-0.1, -0.05) is 207 Å². The van der Waals surface area contributed by atoms with Crippen LogP contribution in [0.2, 0.25) is 10.8 Å². The minimum atomic E-state index is 0.922. The smallest absolute Gasteiger partial charge is 0.493 e. The molecule has 2 aromatic rings. The van der Waals surface area contributed by atoms with Crippen LogP contribution in [0.25, 0.3) is 16.9 Å². The van der Waals surface area contributed by atoms with Gasteiger partial charge >= 0.3 is 166 Å². The Morgan fingerprint density at radius 3 is 0.935 bits per heavy atom. The molecule has 0 aliphatic carbocycles. The summed E-state index contributed by atoms with van der Waals surface area (Å²) in [5, 5.41) is 2.87. The van der Waals surface area contributed by atoms with Crippen LogP contribution in [-0.2, 0) is 27.3 Å². The van der Waals surface area contributed by atoms with Crippen LogP contribution in [0.15, 0.2) is 60.2 Å². The van der Waals surface area contributed by atoms with Crippen molar-refractivity contribution in [1.29, 1.82) is 0 Å². The summed E-state index contributed by atoms with van der Waals surface area (Å²) in [6.07, 6.45) is 73.4. The number of nitrogens with zero attached hydrogens (tertiary/aromatic N) is 2. The Hall–Kier alpha value is -1.99. The van der Waals surface area contributed by atoms with E-state index in [1.54, 1.807) is 0 Å². The number of allylic oxidation sites excluding steroid dienone is 2. The van der Waals surface area contributed by atoms with Crippen molar-refractivity contribution >= 4 is 11.4 Å². The van der Waals surface area contributed by atoms with Gasteiger partial charge in [0.2, 0.25) is 11.4 Å². The second-order valence-electron chi connectivity index (χ2n) is 24.0. The molecule has 3 rings (SSSR count). The quantitative estimate of drug-likeness (QED) is 0.0358. The summed E-state index contributed by atoms with van der Waals surface area (Å²) in [6.45, 7) is 11.4. The summed E-state index contributed by atoms with van der Waals surface area (Å²) in [7, 11) is 0. The second kappa shape index (κ2) is 54.6. The van der Waals surface area contributed by atoms with Crippen LogP contribution < -0.4 is 0 Å². The van der Waals surface area contributed by atoms with Crippen LogP contribution >= 0.6 is 0 Å².